The SMILES string of the molecule is C[C@H]1C[C@H]2CN(S(=O)(=O)c3ccccc3)CC[C@@H]2O1. The topological polar surface area (TPSA) is 46.6 Å². The molecule has 2 aliphatic heterocycles. The molecule has 0 N–H and O–H groups in total. The first-order valence-electron chi connectivity index (χ1n) is 6.78. The number of nitrogens with zero attached hydrogens (tertiary/aromatic N) is 1. The molecule has 0 spiro atoms. The van der Waals surface area contributed by atoms with Gasteiger partial charge in [0.1, 0.15) is 0 Å². The van der Waals surface area contributed by atoms with Crippen LogP contribution < -0.4 is 0 Å². The van der Waals surface area contributed by atoms with Gasteiger partial charge in [0.15, 0.2) is 0 Å². The maximum absolute atomic E-state index is 12.5. The Morgan fingerprint density at radius 1 is 1.26 bits per heavy atom. The molecule has 2 fully saturated rings. The summed E-state index contributed by atoms with van der Waals surface area (Å²) in [7, 11) is -3.34. The van der Waals surface area contributed by atoms with Crippen LogP contribution in [-0.2, 0) is 14.8 Å². The summed E-state index contributed by atoms with van der Waals surface area (Å²) < 4.78 is 32.5. The summed E-state index contributed by atoms with van der Waals surface area (Å²) in [5.74, 6) is 0.349. The Hall–Kier alpha value is -0.910. The van der Waals surface area contributed by atoms with Gasteiger partial charge in [0, 0.05) is 19.0 Å². The summed E-state index contributed by atoms with van der Waals surface area (Å²) in [6.45, 7) is 3.21. The van der Waals surface area contributed by atoms with Gasteiger partial charge in [-0.3, -0.25) is 0 Å². The Bertz CT molecular complexity index is 543. The Morgan fingerprint density at radius 3 is 2.74 bits per heavy atom. The molecule has 0 bridgehead atoms. The Morgan fingerprint density at radius 2 is 2.00 bits per heavy atom. The Kier molecular flexibility index (Phi) is 3.37. The Balaban J connectivity index is 1.80. The zero-order valence-corrected chi connectivity index (χ0v) is 11.8. The van der Waals surface area contributed by atoms with Crippen LogP contribution in [0.15, 0.2) is 35.2 Å². The molecule has 2 saturated heterocycles. The molecule has 3 rings (SSSR count). The zero-order chi connectivity index (χ0) is 13.5. The summed E-state index contributed by atoms with van der Waals surface area (Å²) >= 11 is 0. The second-order valence-electron chi connectivity index (χ2n) is 5.45. The van der Waals surface area contributed by atoms with E-state index >= 15 is 0 Å². The summed E-state index contributed by atoms with van der Waals surface area (Å²) in [6.07, 6.45) is 2.28. The van der Waals surface area contributed by atoms with Crippen molar-refractivity contribution in [2.75, 3.05) is 13.1 Å². The first-order chi connectivity index (χ1) is 9.07. The summed E-state index contributed by atoms with van der Waals surface area (Å²) in [5.41, 5.74) is 0. The first-order valence-corrected chi connectivity index (χ1v) is 8.22. The van der Waals surface area contributed by atoms with Crippen molar-refractivity contribution in [1.29, 1.82) is 0 Å². The molecule has 2 aliphatic rings. The number of hydrogen-bond acceptors (Lipinski definition) is 3. The molecule has 1 aromatic carbocycles. The lowest BCUT2D eigenvalue weighted by Gasteiger charge is -2.33. The molecule has 4 nitrogen and oxygen atoms in total. The molecular weight excluding hydrogens is 262 g/mol. The molecule has 3 atom stereocenters. The third-order valence-electron chi connectivity index (χ3n) is 4.05. The van der Waals surface area contributed by atoms with Crippen molar-refractivity contribution in [3.05, 3.63) is 30.3 Å². The molecule has 5 heteroatoms. The molecule has 0 aromatic heterocycles. The Labute approximate surface area is 114 Å². The van der Waals surface area contributed by atoms with Gasteiger partial charge in [-0.05, 0) is 31.9 Å². The molecule has 0 radical (unpaired) electrons. The molecule has 0 amide bonds. The van der Waals surface area contributed by atoms with Gasteiger partial charge in [0.25, 0.3) is 0 Å². The third-order valence-corrected chi connectivity index (χ3v) is 5.93. The van der Waals surface area contributed by atoms with Gasteiger partial charge >= 0.3 is 0 Å². The van der Waals surface area contributed by atoms with E-state index in [0.717, 1.165) is 12.8 Å². The van der Waals surface area contributed by atoms with E-state index in [2.05, 4.69) is 6.92 Å². The van der Waals surface area contributed by atoms with Crippen LogP contribution >= 0.6 is 0 Å². The molecule has 0 saturated carbocycles. The predicted octanol–water partition coefficient (Wildman–Crippen LogP) is 1.87. The van der Waals surface area contributed by atoms with Crippen molar-refractivity contribution >= 4 is 10.0 Å². The summed E-state index contributed by atoms with van der Waals surface area (Å²) in [6, 6.07) is 8.68. The average molecular weight is 281 g/mol. The van der Waals surface area contributed by atoms with Crippen molar-refractivity contribution in [1.82, 2.24) is 4.31 Å². The molecular formula is C14H19NO3S. The van der Waals surface area contributed by atoms with Crippen LogP contribution in [0.2, 0.25) is 0 Å². The van der Waals surface area contributed by atoms with E-state index in [4.69, 9.17) is 4.74 Å². The van der Waals surface area contributed by atoms with Crippen molar-refractivity contribution in [3.8, 4) is 0 Å². The number of rotatable bonds is 2. The first kappa shape index (κ1) is 13.1. The number of ether oxygens (including phenoxy) is 1. The molecule has 0 aliphatic carbocycles. The minimum Gasteiger partial charge on any atom is -0.375 e. The smallest absolute Gasteiger partial charge is 0.243 e. The second-order valence-corrected chi connectivity index (χ2v) is 7.38. The molecule has 1 aromatic rings. The molecule has 0 unspecified atom stereocenters. The van der Waals surface area contributed by atoms with Crippen LogP contribution in [0.1, 0.15) is 19.8 Å². The van der Waals surface area contributed by atoms with Gasteiger partial charge in [-0.15, -0.1) is 0 Å². The van der Waals surface area contributed by atoms with Crippen molar-refractivity contribution in [2.24, 2.45) is 5.92 Å². The van der Waals surface area contributed by atoms with E-state index in [0.29, 0.717) is 23.9 Å². The quantitative estimate of drug-likeness (QED) is 0.831. The minimum atomic E-state index is -3.34. The maximum atomic E-state index is 12.5. The van der Waals surface area contributed by atoms with E-state index in [-0.39, 0.29) is 12.2 Å². The molecule has 2 heterocycles. The van der Waals surface area contributed by atoms with Crippen LogP contribution in [0.5, 0.6) is 0 Å². The van der Waals surface area contributed by atoms with Crippen molar-refractivity contribution < 1.29 is 13.2 Å². The summed E-state index contributed by atoms with van der Waals surface area (Å²) in [4.78, 5) is 0.389. The summed E-state index contributed by atoms with van der Waals surface area (Å²) in [5, 5.41) is 0. The number of fused-ring (bicyclic) bond motifs is 1. The lowest BCUT2D eigenvalue weighted by molar-refractivity contribution is 0.0206. The highest BCUT2D eigenvalue weighted by molar-refractivity contribution is 7.89. The fourth-order valence-corrected chi connectivity index (χ4v) is 4.66. The lowest BCUT2D eigenvalue weighted by atomic mass is 9.94. The average Bonchev–Trinajstić information content (AvgIpc) is 2.78. The number of hydrogen-bond donors (Lipinski definition) is 0. The highest BCUT2D eigenvalue weighted by atomic mass is 32.2. The van der Waals surface area contributed by atoms with E-state index in [1.54, 1.807) is 28.6 Å². The lowest BCUT2D eigenvalue weighted by Crippen LogP contribution is -2.44. The van der Waals surface area contributed by atoms with E-state index in [1.807, 2.05) is 6.07 Å². The number of piperidine rings is 1. The van der Waals surface area contributed by atoms with Gasteiger partial charge < -0.3 is 4.74 Å². The fourth-order valence-electron chi connectivity index (χ4n) is 3.12. The number of benzene rings is 1. The number of sulfonamides is 1. The van der Waals surface area contributed by atoms with Gasteiger partial charge in [-0.25, -0.2) is 8.42 Å². The van der Waals surface area contributed by atoms with Crippen LogP contribution in [0, 0.1) is 5.92 Å². The largest absolute Gasteiger partial charge is 0.375 e. The fraction of sp³-hybridized carbons (Fsp3) is 0.571. The van der Waals surface area contributed by atoms with Gasteiger partial charge in [0.05, 0.1) is 17.1 Å². The normalized spacial score (nSPS) is 32.2. The highest BCUT2D eigenvalue weighted by Gasteiger charge is 2.40. The van der Waals surface area contributed by atoms with Crippen LogP contribution in [0.3, 0.4) is 0 Å². The minimum absolute atomic E-state index is 0.247. The zero-order valence-electron chi connectivity index (χ0n) is 11.0. The predicted molar refractivity (Wildman–Crippen MR) is 72.3 cm³/mol. The van der Waals surface area contributed by atoms with Crippen LogP contribution in [-0.4, -0.2) is 38.0 Å². The van der Waals surface area contributed by atoms with Gasteiger partial charge in [-0.1, -0.05) is 18.2 Å². The van der Waals surface area contributed by atoms with Crippen LogP contribution in [0.25, 0.3) is 0 Å². The van der Waals surface area contributed by atoms with E-state index < -0.39 is 10.0 Å². The molecule has 104 valence electrons. The van der Waals surface area contributed by atoms with Crippen molar-refractivity contribution in [2.45, 2.75) is 36.9 Å². The van der Waals surface area contributed by atoms with Gasteiger partial charge in [-0.2, -0.15) is 4.31 Å². The van der Waals surface area contributed by atoms with E-state index in [1.165, 1.54) is 0 Å². The standard InChI is InChI=1S/C14H19NO3S/c1-11-9-12-10-15(8-7-14(12)18-11)19(16,17)13-5-3-2-4-6-13/h2-6,11-12,14H,7-10H2,1H3/t11-,12-,14-/m0/s1. The second kappa shape index (κ2) is 4.89. The van der Waals surface area contributed by atoms with Gasteiger partial charge in [0.2, 0.25) is 10.0 Å². The van der Waals surface area contributed by atoms with Crippen molar-refractivity contribution in [3.63, 3.8) is 0 Å². The monoisotopic (exact) mass is 281 g/mol. The highest BCUT2D eigenvalue weighted by Crippen LogP contribution is 2.34. The van der Waals surface area contributed by atoms with Crippen LogP contribution in [0.4, 0.5) is 0 Å². The maximum Gasteiger partial charge on any atom is 0.243 e. The van der Waals surface area contributed by atoms with E-state index in [9.17, 15) is 8.42 Å². The third kappa shape index (κ3) is 2.42. The molecule has 19 heavy (non-hydrogen) atoms.